The minimum atomic E-state index is -0.109. The standard InChI is InChI=1S/C9H10FNS/c1-11-5-6-12-8-4-2-3-7(10)9(8)11/h2-4H,5-6H2,1H3. The number of thioether (sulfide) groups is 1. The van der Waals surface area contributed by atoms with Crippen molar-refractivity contribution in [3.8, 4) is 0 Å². The van der Waals surface area contributed by atoms with Crippen molar-refractivity contribution in [2.75, 3.05) is 24.2 Å². The van der Waals surface area contributed by atoms with Gasteiger partial charge >= 0.3 is 0 Å². The Hall–Kier alpha value is -0.700. The summed E-state index contributed by atoms with van der Waals surface area (Å²) < 4.78 is 13.3. The quantitative estimate of drug-likeness (QED) is 0.607. The number of para-hydroxylation sites is 1. The molecule has 0 N–H and O–H groups in total. The summed E-state index contributed by atoms with van der Waals surface area (Å²) in [5, 5.41) is 0. The third-order valence-electron chi connectivity index (χ3n) is 2.02. The summed E-state index contributed by atoms with van der Waals surface area (Å²) in [6.07, 6.45) is 0. The van der Waals surface area contributed by atoms with Crippen LogP contribution in [0.1, 0.15) is 0 Å². The molecule has 0 saturated heterocycles. The largest absolute Gasteiger partial charge is 0.370 e. The van der Waals surface area contributed by atoms with E-state index >= 15 is 0 Å². The van der Waals surface area contributed by atoms with Gasteiger partial charge in [0.15, 0.2) is 0 Å². The molecule has 0 amide bonds. The molecule has 1 nitrogen and oxygen atoms in total. The molecule has 0 aromatic heterocycles. The third kappa shape index (κ3) is 1.18. The summed E-state index contributed by atoms with van der Waals surface area (Å²) in [6, 6.07) is 5.25. The van der Waals surface area contributed by atoms with Gasteiger partial charge in [-0.05, 0) is 12.1 Å². The molecule has 1 aliphatic rings. The van der Waals surface area contributed by atoms with E-state index in [1.54, 1.807) is 17.8 Å². The lowest BCUT2D eigenvalue weighted by atomic mass is 10.3. The van der Waals surface area contributed by atoms with Crippen LogP contribution in [0.15, 0.2) is 23.1 Å². The summed E-state index contributed by atoms with van der Waals surface area (Å²) in [4.78, 5) is 3.03. The second-order valence-electron chi connectivity index (χ2n) is 2.86. The zero-order valence-corrected chi connectivity index (χ0v) is 7.70. The Bertz CT molecular complexity index is 301. The predicted octanol–water partition coefficient (Wildman–Crippen LogP) is 2.37. The number of fused-ring (bicyclic) bond motifs is 1. The number of anilines is 1. The van der Waals surface area contributed by atoms with Crippen molar-refractivity contribution in [1.29, 1.82) is 0 Å². The van der Waals surface area contributed by atoms with Crippen molar-refractivity contribution in [3.05, 3.63) is 24.0 Å². The SMILES string of the molecule is CN1CCSc2cccc(F)c21. The normalized spacial score (nSPS) is 16.0. The van der Waals surface area contributed by atoms with Crippen molar-refractivity contribution in [1.82, 2.24) is 0 Å². The summed E-state index contributed by atoms with van der Waals surface area (Å²) >= 11 is 1.72. The molecule has 1 aromatic carbocycles. The Morgan fingerprint density at radius 1 is 1.50 bits per heavy atom. The smallest absolute Gasteiger partial charge is 0.147 e. The first-order valence-corrected chi connectivity index (χ1v) is 4.90. The molecule has 0 saturated carbocycles. The average Bonchev–Trinajstić information content (AvgIpc) is 2.04. The van der Waals surface area contributed by atoms with Gasteiger partial charge in [0.2, 0.25) is 0 Å². The highest BCUT2D eigenvalue weighted by Gasteiger charge is 2.17. The van der Waals surface area contributed by atoms with Crippen molar-refractivity contribution in [3.63, 3.8) is 0 Å². The molecule has 0 fully saturated rings. The van der Waals surface area contributed by atoms with E-state index in [2.05, 4.69) is 0 Å². The van der Waals surface area contributed by atoms with E-state index in [0.717, 1.165) is 22.9 Å². The van der Waals surface area contributed by atoms with Gasteiger partial charge in [-0.3, -0.25) is 0 Å². The fraction of sp³-hybridized carbons (Fsp3) is 0.333. The van der Waals surface area contributed by atoms with E-state index in [0.29, 0.717) is 0 Å². The molecule has 0 radical (unpaired) electrons. The predicted molar refractivity (Wildman–Crippen MR) is 50.4 cm³/mol. The topological polar surface area (TPSA) is 3.24 Å². The molecule has 0 aliphatic carbocycles. The van der Waals surface area contributed by atoms with Crippen LogP contribution in [0, 0.1) is 5.82 Å². The zero-order valence-electron chi connectivity index (χ0n) is 6.88. The molecule has 1 aliphatic heterocycles. The van der Waals surface area contributed by atoms with Gasteiger partial charge in [-0.15, -0.1) is 11.8 Å². The van der Waals surface area contributed by atoms with E-state index in [1.165, 1.54) is 6.07 Å². The Labute approximate surface area is 75.6 Å². The van der Waals surface area contributed by atoms with Crippen LogP contribution in [-0.2, 0) is 0 Å². The summed E-state index contributed by atoms with van der Waals surface area (Å²) in [5.41, 5.74) is 0.758. The van der Waals surface area contributed by atoms with E-state index in [9.17, 15) is 4.39 Å². The number of hydrogen-bond acceptors (Lipinski definition) is 2. The highest BCUT2D eigenvalue weighted by atomic mass is 32.2. The summed E-state index contributed by atoms with van der Waals surface area (Å²) in [5.74, 6) is 0.939. The number of halogens is 1. The summed E-state index contributed by atoms with van der Waals surface area (Å²) in [6.45, 7) is 0.929. The van der Waals surface area contributed by atoms with Crippen LogP contribution in [0.5, 0.6) is 0 Å². The van der Waals surface area contributed by atoms with E-state index in [1.807, 2.05) is 18.0 Å². The minimum absolute atomic E-state index is 0.109. The van der Waals surface area contributed by atoms with Gasteiger partial charge in [0, 0.05) is 24.2 Å². The average molecular weight is 183 g/mol. The van der Waals surface area contributed by atoms with Gasteiger partial charge < -0.3 is 4.90 Å². The first-order chi connectivity index (χ1) is 5.79. The second-order valence-corrected chi connectivity index (χ2v) is 3.99. The Morgan fingerprint density at radius 3 is 3.08 bits per heavy atom. The van der Waals surface area contributed by atoms with Crippen molar-refractivity contribution >= 4 is 17.4 Å². The third-order valence-corrected chi connectivity index (χ3v) is 3.04. The number of hydrogen-bond donors (Lipinski definition) is 0. The van der Waals surface area contributed by atoms with Crippen LogP contribution < -0.4 is 4.90 Å². The molecular weight excluding hydrogens is 173 g/mol. The van der Waals surface area contributed by atoms with Crippen molar-refractivity contribution in [2.24, 2.45) is 0 Å². The molecule has 0 atom stereocenters. The van der Waals surface area contributed by atoms with Crippen molar-refractivity contribution < 1.29 is 4.39 Å². The maximum Gasteiger partial charge on any atom is 0.147 e. The first kappa shape index (κ1) is 7.92. The number of benzene rings is 1. The van der Waals surface area contributed by atoms with Crippen LogP contribution in [0.4, 0.5) is 10.1 Å². The lowest BCUT2D eigenvalue weighted by Crippen LogP contribution is -2.25. The fourth-order valence-corrected chi connectivity index (χ4v) is 2.54. The number of nitrogens with zero attached hydrogens (tertiary/aromatic N) is 1. The van der Waals surface area contributed by atoms with Gasteiger partial charge in [0.05, 0.1) is 5.69 Å². The van der Waals surface area contributed by atoms with E-state index < -0.39 is 0 Å². The molecule has 0 spiro atoms. The fourth-order valence-electron chi connectivity index (χ4n) is 1.39. The van der Waals surface area contributed by atoms with Crippen molar-refractivity contribution in [2.45, 2.75) is 4.90 Å². The molecule has 64 valence electrons. The van der Waals surface area contributed by atoms with E-state index in [-0.39, 0.29) is 5.82 Å². The zero-order chi connectivity index (χ0) is 8.55. The maximum absolute atomic E-state index is 13.3. The lowest BCUT2D eigenvalue weighted by Gasteiger charge is -2.26. The molecular formula is C9H10FNS. The first-order valence-electron chi connectivity index (χ1n) is 3.91. The summed E-state index contributed by atoms with van der Waals surface area (Å²) in [7, 11) is 1.93. The highest BCUT2D eigenvalue weighted by Crippen LogP contribution is 2.35. The van der Waals surface area contributed by atoms with Gasteiger partial charge in [0.25, 0.3) is 0 Å². The Morgan fingerprint density at radius 2 is 2.33 bits per heavy atom. The van der Waals surface area contributed by atoms with Crippen LogP contribution >= 0.6 is 11.8 Å². The second kappa shape index (κ2) is 2.98. The van der Waals surface area contributed by atoms with Gasteiger partial charge in [-0.2, -0.15) is 0 Å². The Balaban J connectivity index is 2.53. The number of rotatable bonds is 0. The molecule has 1 aromatic rings. The van der Waals surface area contributed by atoms with Crippen LogP contribution in [0.3, 0.4) is 0 Å². The molecule has 12 heavy (non-hydrogen) atoms. The van der Waals surface area contributed by atoms with E-state index in [4.69, 9.17) is 0 Å². The molecule has 2 rings (SSSR count). The lowest BCUT2D eigenvalue weighted by molar-refractivity contribution is 0.618. The Kier molecular flexibility index (Phi) is 1.97. The van der Waals surface area contributed by atoms with Crippen LogP contribution in [0.25, 0.3) is 0 Å². The monoisotopic (exact) mass is 183 g/mol. The highest BCUT2D eigenvalue weighted by molar-refractivity contribution is 7.99. The van der Waals surface area contributed by atoms with Gasteiger partial charge in [-0.25, -0.2) is 4.39 Å². The maximum atomic E-state index is 13.3. The molecule has 0 bridgehead atoms. The van der Waals surface area contributed by atoms with Gasteiger partial charge in [0.1, 0.15) is 5.82 Å². The molecule has 1 heterocycles. The minimum Gasteiger partial charge on any atom is -0.370 e. The van der Waals surface area contributed by atoms with Crippen LogP contribution in [-0.4, -0.2) is 19.3 Å². The van der Waals surface area contributed by atoms with Gasteiger partial charge in [-0.1, -0.05) is 6.07 Å². The molecule has 3 heteroatoms. The van der Waals surface area contributed by atoms with Crippen LogP contribution in [0.2, 0.25) is 0 Å². The molecule has 0 unspecified atom stereocenters.